The van der Waals surface area contributed by atoms with Gasteiger partial charge >= 0.3 is 75.0 Å². The van der Waals surface area contributed by atoms with Gasteiger partial charge < -0.3 is 0 Å². The van der Waals surface area contributed by atoms with Crippen LogP contribution in [0.3, 0.4) is 0 Å². The molecular weight excluding hydrogens is 321 g/mol. The van der Waals surface area contributed by atoms with Gasteiger partial charge in [-0.05, 0) is 0 Å². The van der Waals surface area contributed by atoms with Gasteiger partial charge in [0.2, 0.25) is 0 Å². The molecule has 0 amide bonds. The molecule has 0 N–H and O–H groups in total. The van der Waals surface area contributed by atoms with Gasteiger partial charge in [-0.1, -0.05) is 0 Å². The second-order valence-electron chi connectivity index (χ2n) is 3.58. The van der Waals surface area contributed by atoms with E-state index in [2.05, 4.69) is 0 Å². The third-order valence-corrected chi connectivity index (χ3v) is 42.4. The maximum atomic E-state index is 1.79. The summed E-state index contributed by atoms with van der Waals surface area (Å²) in [4.78, 5) is 0. The molecule has 0 atom stereocenters. The van der Waals surface area contributed by atoms with Crippen LogP contribution in [0.2, 0.25) is 21.3 Å². The van der Waals surface area contributed by atoms with E-state index in [-0.39, 0.29) is 24.2 Å². The molecule has 0 aliphatic carbocycles. The summed E-state index contributed by atoms with van der Waals surface area (Å²) < 4.78 is 0. The van der Waals surface area contributed by atoms with E-state index in [9.17, 15) is 0 Å². The summed E-state index contributed by atoms with van der Waals surface area (Å²) in [6.45, 7) is 0. The summed E-state index contributed by atoms with van der Waals surface area (Å²) in [6, 6.07) is 0. The monoisotopic (exact) mass is 336 g/mol. The van der Waals surface area contributed by atoms with Crippen LogP contribution >= 0.6 is 0 Å². The Hall–Kier alpha value is 1.56. The van der Waals surface area contributed by atoms with E-state index >= 15 is 0 Å². The van der Waals surface area contributed by atoms with Crippen molar-refractivity contribution in [2.75, 3.05) is 0 Å². The molecular formula is C7H12Se3. The van der Waals surface area contributed by atoms with Gasteiger partial charge in [-0.2, -0.15) is 0 Å². The zero-order valence-corrected chi connectivity index (χ0v) is 11.1. The number of hydrogen-bond donors (Lipinski definition) is 0. The van der Waals surface area contributed by atoms with E-state index < -0.39 is 0 Å². The van der Waals surface area contributed by atoms with Crippen LogP contribution in [-0.4, -0.2) is 35.5 Å². The van der Waals surface area contributed by atoms with E-state index in [1.54, 1.807) is 27.7 Å². The Morgan fingerprint density at radius 2 is 1.40 bits per heavy atom. The van der Waals surface area contributed by atoms with Gasteiger partial charge in [0.1, 0.15) is 0 Å². The van der Waals surface area contributed by atoms with Crippen molar-refractivity contribution in [2.45, 2.75) is 27.7 Å². The molecule has 0 aromatic heterocycles. The molecule has 2 radical (unpaired) electrons. The number of rotatable bonds is 0. The first kappa shape index (κ1) is 7.01. The van der Waals surface area contributed by atoms with Crippen LogP contribution in [0.5, 0.6) is 0 Å². The Labute approximate surface area is 74.5 Å². The quantitative estimate of drug-likeness (QED) is 0.587. The Bertz CT molecular complexity index is 100. The van der Waals surface area contributed by atoms with Crippen LogP contribution in [-0.2, 0) is 0 Å². The predicted octanol–water partition coefficient (Wildman–Crippen LogP) is 1.34. The fourth-order valence-corrected chi connectivity index (χ4v) is 53.7. The van der Waals surface area contributed by atoms with Crippen molar-refractivity contribution in [1.82, 2.24) is 0 Å². The second-order valence-corrected chi connectivity index (χ2v) is 29.8. The fraction of sp³-hybridized carbons (Fsp3) is 1.00. The standard InChI is InChI=1S/C7H12Se3/c1-6-2-9-4-7(1)5-10(3-6)8-9/h6-7H,1-5H2. The van der Waals surface area contributed by atoms with Gasteiger partial charge in [0.15, 0.2) is 0 Å². The molecule has 4 aliphatic heterocycles. The average Bonchev–Trinajstić information content (AvgIpc) is 1.82. The van der Waals surface area contributed by atoms with Crippen molar-refractivity contribution in [2.24, 2.45) is 11.8 Å². The second kappa shape index (κ2) is 2.52. The number of hydrogen-bond acceptors (Lipinski definition) is 0. The molecule has 0 aromatic carbocycles. The van der Waals surface area contributed by atoms with Crippen molar-refractivity contribution in [3.63, 3.8) is 0 Å². The van der Waals surface area contributed by atoms with E-state index in [1.807, 2.05) is 0 Å². The summed E-state index contributed by atoms with van der Waals surface area (Å²) >= 11 is 1.65. The predicted molar refractivity (Wildman–Crippen MR) is 48.1 cm³/mol. The first-order chi connectivity index (χ1) is 4.90. The van der Waals surface area contributed by atoms with Gasteiger partial charge in [-0.25, -0.2) is 0 Å². The third kappa shape index (κ3) is 1.07. The van der Waals surface area contributed by atoms with Crippen LogP contribution < -0.4 is 0 Å². The van der Waals surface area contributed by atoms with E-state index in [4.69, 9.17) is 0 Å². The van der Waals surface area contributed by atoms with Crippen LogP contribution in [0.15, 0.2) is 0 Å². The average molecular weight is 333 g/mol. The zero-order chi connectivity index (χ0) is 6.55. The van der Waals surface area contributed by atoms with Gasteiger partial charge in [-0.15, -0.1) is 0 Å². The Morgan fingerprint density at radius 3 is 1.80 bits per heavy atom. The van der Waals surface area contributed by atoms with Gasteiger partial charge in [0, 0.05) is 0 Å². The van der Waals surface area contributed by atoms with E-state index in [0.717, 1.165) is 0 Å². The molecule has 58 valence electrons. The minimum atomic E-state index is 0.160. The molecule has 4 saturated heterocycles. The molecule has 4 rings (SSSR count). The molecule has 0 unspecified atom stereocenters. The molecule has 0 saturated carbocycles. The van der Waals surface area contributed by atoms with Crippen molar-refractivity contribution >= 4 is 35.5 Å². The van der Waals surface area contributed by atoms with Crippen molar-refractivity contribution < 1.29 is 0 Å². The first-order valence-corrected chi connectivity index (χ1v) is 17.4. The molecule has 4 fully saturated rings. The van der Waals surface area contributed by atoms with Crippen LogP contribution in [0, 0.1) is 11.8 Å². The van der Waals surface area contributed by atoms with Crippen LogP contribution in [0.25, 0.3) is 0 Å². The minimum absolute atomic E-state index is 0.160. The summed E-state index contributed by atoms with van der Waals surface area (Å²) in [7, 11) is 0. The molecule has 4 heterocycles. The Morgan fingerprint density at radius 1 is 0.900 bits per heavy atom. The molecule has 4 aliphatic rings. The van der Waals surface area contributed by atoms with Crippen molar-refractivity contribution in [1.29, 1.82) is 0 Å². The summed E-state index contributed by atoms with van der Waals surface area (Å²) in [6.07, 6.45) is 1.68. The normalized spacial score (nSPS) is 46.8. The van der Waals surface area contributed by atoms with E-state index in [0.29, 0.717) is 0 Å². The van der Waals surface area contributed by atoms with Crippen molar-refractivity contribution in [3.8, 4) is 0 Å². The molecule has 3 heteroatoms. The van der Waals surface area contributed by atoms with Gasteiger partial charge in [0.25, 0.3) is 0 Å². The molecule has 0 spiro atoms. The zero-order valence-electron chi connectivity index (χ0n) is 5.91. The van der Waals surface area contributed by atoms with Crippen LogP contribution in [0.1, 0.15) is 6.42 Å². The fourth-order valence-electron chi connectivity index (χ4n) is 2.27. The Kier molecular flexibility index (Phi) is 1.77. The SMILES string of the molecule is C1C2C[Se]3CC1C[Se](C2)[Se]3. The van der Waals surface area contributed by atoms with Gasteiger partial charge in [0.05, 0.1) is 0 Å². The summed E-state index contributed by atoms with van der Waals surface area (Å²) in [5.74, 6) is 2.61. The van der Waals surface area contributed by atoms with Crippen LogP contribution in [0.4, 0.5) is 0 Å². The molecule has 10 heavy (non-hydrogen) atoms. The van der Waals surface area contributed by atoms with Gasteiger partial charge in [-0.3, -0.25) is 0 Å². The summed E-state index contributed by atoms with van der Waals surface area (Å²) in [5.41, 5.74) is 0. The molecule has 4 bridgehead atoms. The Balaban J connectivity index is 1.90. The third-order valence-electron chi connectivity index (χ3n) is 2.55. The first-order valence-electron chi connectivity index (χ1n) is 3.94. The molecule has 0 aromatic rings. The maximum absolute atomic E-state index is 1.79. The topological polar surface area (TPSA) is 0 Å². The molecule has 0 nitrogen and oxygen atoms in total. The van der Waals surface area contributed by atoms with E-state index in [1.165, 1.54) is 23.1 Å². The van der Waals surface area contributed by atoms with Crippen molar-refractivity contribution in [3.05, 3.63) is 0 Å². The summed E-state index contributed by atoms with van der Waals surface area (Å²) in [5, 5.41) is 7.15.